The molecule has 2 nitrogen and oxygen atoms in total. The third-order valence-corrected chi connectivity index (χ3v) is 2.51. The zero-order valence-corrected chi connectivity index (χ0v) is 7.51. The van der Waals surface area contributed by atoms with Crippen LogP contribution in [0.25, 0.3) is 10.4 Å². The number of anilines is 1. The van der Waals surface area contributed by atoms with Gasteiger partial charge in [-0.1, -0.05) is 23.5 Å². The molecule has 2 aromatic rings. The highest BCUT2D eigenvalue weighted by Crippen LogP contribution is 2.27. The molecule has 0 aliphatic carbocycles. The Morgan fingerprint density at radius 1 is 1.38 bits per heavy atom. The standard InChI is InChI=1S/C9H7FN2S/c10-7-3-1-2-6(4-7)8-5-12-9(11)13-8/h1-5H,(H2,11,12). The van der Waals surface area contributed by atoms with Crippen LogP contribution in [0.1, 0.15) is 0 Å². The van der Waals surface area contributed by atoms with Crippen molar-refractivity contribution in [2.24, 2.45) is 0 Å². The Bertz CT molecular complexity index is 425. The minimum Gasteiger partial charge on any atom is -0.375 e. The fourth-order valence-electron chi connectivity index (χ4n) is 1.06. The molecule has 0 aliphatic rings. The van der Waals surface area contributed by atoms with Crippen LogP contribution in [0.5, 0.6) is 0 Å². The Balaban J connectivity index is 2.46. The molecule has 0 spiro atoms. The van der Waals surface area contributed by atoms with Crippen LogP contribution in [0.2, 0.25) is 0 Å². The van der Waals surface area contributed by atoms with Crippen LogP contribution in [0, 0.1) is 5.82 Å². The summed E-state index contributed by atoms with van der Waals surface area (Å²) in [7, 11) is 0. The van der Waals surface area contributed by atoms with Crippen molar-refractivity contribution in [2.75, 3.05) is 5.73 Å². The largest absolute Gasteiger partial charge is 0.375 e. The van der Waals surface area contributed by atoms with E-state index in [2.05, 4.69) is 4.98 Å². The van der Waals surface area contributed by atoms with Crippen molar-refractivity contribution in [2.45, 2.75) is 0 Å². The van der Waals surface area contributed by atoms with Gasteiger partial charge in [-0.15, -0.1) is 0 Å². The molecule has 13 heavy (non-hydrogen) atoms. The van der Waals surface area contributed by atoms with Crippen LogP contribution in [-0.2, 0) is 0 Å². The topological polar surface area (TPSA) is 38.9 Å². The molecule has 4 heteroatoms. The minimum atomic E-state index is -0.246. The summed E-state index contributed by atoms with van der Waals surface area (Å²) in [5.41, 5.74) is 6.28. The predicted octanol–water partition coefficient (Wildman–Crippen LogP) is 2.53. The van der Waals surface area contributed by atoms with Gasteiger partial charge in [-0.05, 0) is 17.7 Å². The summed E-state index contributed by atoms with van der Waals surface area (Å²) in [5, 5.41) is 0.499. The molecular formula is C9H7FN2S. The fraction of sp³-hybridized carbons (Fsp3) is 0. The Morgan fingerprint density at radius 3 is 2.85 bits per heavy atom. The van der Waals surface area contributed by atoms with Crippen molar-refractivity contribution < 1.29 is 4.39 Å². The fourth-order valence-corrected chi connectivity index (χ4v) is 1.74. The first-order valence-electron chi connectivity index (χ1n) is 3.73. The highest BCUT2D eigenvalue weighted by Gasteiger charge is 2.02. The molecule has 0 atom stereocenters. The van der Waals surface area contributed by atoms with Crippen molar-refractivity contribution in [3.8, 4) is 10.4 Å². The van der Waals surface area contributed by atoms with Crippen LogP contribution in [0.15, 0.2) is 30.5 Å². The molecule has 0 saturated carbocycles. The van der Waals surface area contributed by atoms with Gasteiger partial charge in [-0.25, -0.2) is 9.37 Å². The first-order chi connectivity index (χ1) is 6.25. The Kier molecular flexibility index (Phi) is 1.98. The van der Waals surface area contributed by atoms with Crippen molar-refractivity contribution >= 4 is 16.5 Å². The van der Waals surface area contributed by atoms with Gasteiger partial charge < -0.3 is 5.73 Å². The minimum absolute atomic E-state index is 0.246. The summed E-state index contributed by atoms with van der Waals surface area (Å²) in [4.78, 5) is 4.78. The number of benzene rings is 1. The summed E-state index contributed by atoms with van der Waals surface area (Å²) < 4.78 is 12.8. The Morgan fingerprint density at radius 2 is 2.23 bits per heavy atom. The lowest BCUT2D eigenvalue weighted by molar-refractivity contribution is 0.628. The van der Waals surface area contributed by atoms with Gasteiger partial charge >= 0.3 is 0 Å². The van der Waals surface area contributed by atoms with E-state index in [1.807, 2.05) is 6.07 Å². The smallest absolute Gasteiger partial charge is 0.180 e. The lowest BCUT2D eigenvalue weighted by Gasteiger charge is -1.94. The molecule has 0 unspecified atom stereocenters. The van der Waals surface area contributed by atoms with E-state index in [0.29, 0.717) is 5.13 Å². The highest BCUT2D eigenvalue weighted by atomic mass is 32.1. The molecule has 1 heterocycles. The van der Waals surface area contributed by atoms with Gasteiger partial charge in [-0.2, -0.15) is 0 Å². The number of nitrogens with zero attached hydrogens (tertiary/aromatic N) is 1. The van der Waals surface area contributed by atoms with Gasteiger partial charge in [0.15, 0.2) is 5.13 Å². The maximum atomic E-state index is 12.8. The number of thiazole rings is 1. The first kappa shape index (κ1) is 8.19. The zero-order chi connectivity index (χ0) is 9.26. The number of hydrogen-bond donors (Lipinski definition) is 1. The molecule has 0 radical (unpaired) electrons. The Labute approximate surface area is 78.9 Å². The number of nitrogen functional groups attached to an aromatic ring is 1. The maximum Gasteiger partial charge on any atom is 0.180 e. The summed E-state index contributed by atoms with van der Waals surface area (Å²) >= 11 is 1.35. The van der Waals surface area contributed by atoms with E-state index in [-0.39, 0.29) is 5.82 Å². The van der Waals surface area contributed by atoms with Crippen LogP contribution in [-0.4, -0.2) is 4.98 Å². The quantitative estimate of drug-likeness (QED) is 0.757. The third kappa shape index (κ3) is 1.67. The second-order valence-corrected chi connectivity index (χ2v) is 3.64. The van der Waals surface area contributed by atoms with Crippen LogP contribution < -0.4 is 5.73 Å². The zero-order valence-electron chi connectivity index (χ0n) is 6.70. The van der Waals surface area contributed by atoms with Gasteiger partial charge in [0.1, 0.15) is 5.82 Å². The van der Waals surface area contributed by atoms with Crippen LogP contribution in [0.4, 0.5) is 9.52 Å². The SMILES string of the molecule is Nc1ncc(-c2cccc(F)c2)s1. The molecule has 0 bridgehead atoms. The lowest BCUT2D eigenvalue weighted by atomic mass is 10.2. The first-order valence-corrected chi connectivity index (χ1v) is 4.54. The van der Waals surface area contributed by atoms with Gasteiger partial charge in [-0.3, -0.25) is 0 Å². The van der Waals surface area contributed by atoms with Crippen LogP contribution >= 0.6 is 11.3 Å². The van der Waals surface area contributed by atoms with Crippen molar-refractivity contribution in [1.29, 1.82) is 0 Å². The van der Waals surface area contributed by atoms with Gasteiger partial charge in [0.2, 0.25) is 0 Å². The highest BCUT2D eigenvalue weighted by molar-refractivity contribution is 7.18. The van der Waals surface area contributed by atoms with Crippen molar-refractivity contribution in [1.82, 2.24) is 4.98 Å². The van der Waals surface area contributed by atoms with Gasteiger partial charge in [0.05, 0.1) is 4.88 Å². The van der Waals surface area contributed by atoms with Crippen molar-refractivity contribution in [3.05, 3.63) is 36.3 Å². The average Bonchev–Trinajstić information content (AvgIpc) is 2.52. The molecular weight excluding hydrogens is 187 g/mol. The monoisotopic (exact) mass is 194 g/mol. The number of rotatable bonds is 1. The number of halogens is 1. The third-order valence-electron chi connectivity index (χ3n) is 1.63. The molecule has 66 valence electrons. The number of aromatic nitrogens is 1. The summed E-state index contributed by atoms with van der Waals surface area (Å²) in [6.45, 7) is 0. The molecule has 0 aliphatic heterocycles. The molecule has 1 aromatic heterocycles. The summed E-state index contributed by atoms with van der Waals surface area (Å²) in [6, 6.07) is 6.37. The van der Waals surface area contributed by atoms with E-state index in [1.54, 1.807) is 12.3 Å². The predicted molar refractivity (Wildman–Crippen MR) is 51.9 cm³/mol. The maximum absolute atomic E-state index is 12.8. The summed E-state index contributed by atoms with van der Waals surface area (Å²) in [5.74, 6) is -0.246. The molecule has 0 saturated heterocycles. The molecule has 1 aromatic carbocycles. The average molecular weight is 194 g/mol. The lowest BCUT2D eigenvalue weighted by Crippen LogP contribution is -1.77. The van der Waals surface area contributed by atoms with E-state index in [9.17, 15) is 4.39 Å². The molecule has 0 amide bonds. The molecule has 2 N–H and O–H groups in total. The van der Waals surface area contributed by atoms with E-state index in [0.717, 1.165) is 10.4 Å². The van der Waals surface area contributed by atoms with Crippen molar-refractivity contribution in [3.63, 3.8) is 0 Å². The van der Waals surface area contributed by atoms with E-state index >= 15 is 0 Å². The van der Waals surface area contributed by atoms with E-state index < -0.39 is 0 Å². The number of hydrogen-bond acceptors (Lipinski definition) is 3. The molecule has 0 fully saturated rings. The molecule has 2 rings (SSSR count). The number of nitrogens with two attached hydrogens (primary N) is 1. The second-order valence-electron chi connectivity index (χ2n) is 2.57. The van der Waals surface area contributed by atoms with Gasteiger partial charge in [0, 0.05) is 6.20 Å². The van der Waals surface area contributed by atoms with E-state index in [4.69, 9.17) is 5.73 Å². The van der Waals surface area contributed by atoms with E-state index in [1.165, 1.54) is 23.5 Å². The summed E-state index contributed by atoms with van der Waals surface area (Å²) in [6.07, 6.45) is 1.65. The normalized spacial score (nSPS) is 10.2. The van der Waals surface area contributed by atoms with Gasteiger partial charge in [0.25, 0.3) is 0 Å². The second kappa shape index (κ2) is 3.14. The Hall–Kier alpha value is -1.42. The van der Waals surface area contributed by atoms with Crippen LogP contribution in [0.3, 0.4) is 0 Å².